The summed E-state index contributed by atoms with van der Waals surface area (Å²) in [7, 11) is -0.977. The molecule has 128 valence electrons. The standard InChI is InChI=1S/C17H15N3O4S/c1-25(22)11-12-4-2-5-13(8-12)17(21)23-10-15-19-16(20-24-15)14-6-3-7-18-9-14/h2-9H,10-11H2,1H3. The molecular weight excluding hydrogens is 342 g/mol. The molecule has 1 atom stereocenters. The molecule has 3 aromatic rings. The van der Waals surface area contributed by atoms with E-state index < -0.39 is 16.8 Å². The molecular formula is C17H15N3O4S. The second kappa shape index (κ2) is 7.80. The highest BCUT2D eigenvalue weighted by Crippen LogP contribution is 2.15. The summed E-state index contributed by atoms with van der Waals surface area (Å²) in [4.78, 5) is 20.3. The van der Waals surface area contributed by atoms with Crippen molar-refractivity contribution in [3.8, 4) is 11.4 Å². The number of rotatable bonds is 6. The lowest BCUT2D eigenvalue weighted by Gasteiger charge is -2.04. The van der Waals surface area contributed by atoms with E-state index in [-0.39, 0.29) is 12.5 Å². The Hall–Kier alpha value is -2.87. The molecule has 3 rings (SSSR count). The maximum atomic E-state index is 12.1. The first-order chi connectivity index (χ1) is 12.1. The zero-order valence-corrected chi connectivity index (χ0v) is 14.2. The summed E-state index contributed by atoms with van der Waals surface area (Å²) in [5.41, 5.74) is 1.91. The zero-order chi connectivity index (χ0) is 17.6. The largest absolute Gasteiger partial charge is 0.452 e. The van der Waals surface area contributed by atoms with E-state index in [0.29, 0.717) is 22.7 Å². The van der Waals surface area contributed by atoms with Crippen molar-refractivity contribution in [1.82, 2.24) is 15.1 Å². The van der Waals surface area contributed by atoms with Crippen molar-refractivity contribution in [2.45, 2.75) is 12.4 Å². The van der Waals surface area contributed by atoms with Crippen LogP contribution in [-0.2, 0) is 27.9 Å². The van der Waals surface area contributed by atoms with E-state index in [1.165, 1.54) is 0 Å². The Morgan fingerprint density at radius 1 is 1.28 bits per heavy atom. The molecule has 0 aliphatic carbocycles. The number of pyridine rings is 1. The van der Waals surface area contributed by atoms with Gasteiger partial charge in [-0.1, -0.05) is 17.3 Å². The first-order valence-corrected chi connectivity index (χ1v) is 9.13. The number of carbonyl (C=O) groups excluding carboxylic acids is 1. The molecule has 7 nitrogen and oxygen atoms in total. The first-order valence-electron chi connectivity index (χ1n) is 7.41. The normalized spacial score (nSPS) is 11.9. The number of esters is 1. The molecule has 8 heteroatoms. The molecule has 1 unspecified atom stereocenters. The third kappa shape index (κ3) is 4.57. The summed E-state index contributed by atoms with van der Waals surface area (Å²) < 4.78 is 21.6. The van der Waals surface area contributed by atoms with Crippen LogP contribution in [0.25, 0.3) is 11.4 Å². The number of aromatic nitrogens is 3. The van der Waals surface area contributed by atoms with Crippen LogP contribution >= 0.6 is 0 Å². The molecule has 0 amide bonds. The molecule has 0 saturated carbocycles. The van der Waals surface area contributed by atoms with E-state index in [9.17, 15) is 9.00 Å². The molecule has 0 fully saturated rings. The average molecular weight is 357 g/mol. The van der Waals surface area contributed by atoms with Crippen molar-refractivity contribution >= 4 is 16.8 Å². The number of nitrogens with zero attached hydrogens (tertiary/aromatic N) is 3. The summed E-state index contributed by atoms with van der Waals surface area (Å²) in [6.07, 6.45) is 4.87. The van der Waals surface area contributed by atoms with E-state index in [4.69, 9.17) is 9.26 Å². The van der Waals surface area contributed by atoms with Crippen LogP contribution in [0.15, 0.2) is 53.3 Å². The molecule has 0 spiro atoms. The minimum Gasteiger partial charge on any atom is -0.452 e. The molecule has 0 saturated heterocycles. The predicted octanol–water partition coefficient (Wildman–Crippen LogP) is 2.37. The van der Waals surface area contributed by atoms with Crippen molar-refractivity contribution in [2.75, 3.05) is 6.26 Å². The fourth-order valence-corrected chi connectivity index (χ4v) is 2.81. The van der Waals surface area contributed by atoms with Gasteiger partial charge in [0, 0.05) is 40.8 Å². The van der Waals surface area contributed by atoms with Gasteiger partial charge in [0.1, 0.15) is 0 Å². The number of benzene rings is 1. The van der Waals surface area contributed by atoms with E-state index in [0.717, 1.165) is 5.56 Å². The van der Waals surface area contributed by atoms with Gasteiger partial charge in [-0.25, -0.2) is 4.79 Å². The van der Waals surface area contributed by atoms with E-state index in [1.807, 2.05) is 6.07 Å². The van der Waals surface area contributed by atoms with Crippen molar-refractivity contribution in [1.29, 1.82) is 0 Å². The Kier molecular flexibility index (Phi) is 5.30. The van der Waals surface area contributed by atoms with E-state index in [1.54, 1.807) is 49.0 Å². The Labute approximate surface area is 146 Å². The van der Waals surface area contributed by atoms with Gasteiger partial charge in [0.15, 0.2) is 6.61 Å². The Balaban J connectivity index is 1.63. The molecule has 2 aromatic heterocycles. The lowest BCUT2D eigenvalue weighted by molar-refractivity contribution is 0.0429. The van der Waals surface area contributed by atoms with Crippen LogP contribution in [0.5, 0.6) is 0 Å². The molecule has 2 heterocycles. The van der Waals surface area contributed by atoms with E-state index >= 15 is 0 Å². The van der Waals surface area contributed by atoms with Gasteiger partial charge in [-0.05, 0) is 29.8 Å². The van der Waals surface area contributed by atoms with Gasteiger partial charge in [0.2, 0.25) is 5.82 Å². The number of carbonyl (C=O) groups is 1. The van der Waals surface area contributed by atoms with Gasteiger partial charge in [-0.3, -0.25) is 9.19 Å². The Morgan fingerprint density at radius 2 is 2.16 bits per heavy atom. The summed E-state index contributed by atoms with van der Waals surface area (Å²) in [6, 6.07) is 10.4. The number of hydrogen-bond donors (Lipinski definition) is 0. The van der Waals surface area contributed by atoms with Gasteiger partial charge in [-0.15, -0.1) is 0 Å². The molecule has 0 aliphatic heterocycles. The highest BCUT2D eigenvalue weighted by atomic mass is 32.2. The van der Waals surface area contributed by atoms with Crippen LogP contribution in [0, 0.1) is 0 Å². The highest BCUT2D eigenvalue weighted by molar-refractivity contribution is 7.83. The van der Waals surface area contributed by atoms with Crippen LogP contribution in [0.4, 0.5) is 0 Å². The minimum atomic E-state index is -0.977. The Bertz CT molecular complexity index is 896. The second-order valence-electron chi connectivity index (χ2n) is 5.25. The third-order valence-corrected chi connectivity index (χ3v) is 3.99. The molecule has 0 bridgehead atoms. The van der Waals surface area contributed by atoms with Gasteiger partial charge in [0.05, 0.1) is 5.56 Å². The molecule has 0 aliphatic rings. The molecule has 25 heavy (non-hydrogen) atoms. The predicted molar refractivity (Wildman–Crippen MR) is 90.9 cm³/mol. The van der Waals surface area contributed by atoms with Crippen LogP contribution in [-0.4, -0.2) is 31.6 Å². The van der Waals surface area contributed by atoms with Crippen LogP contribution < -0.4 is 0 Å². The SMILES string of the molecule is CS(=O)Cc1cccc(C(=O)OCc2nc(-c3cccnc3)no2)c1. The fourth-order valence-electron chi connectivity index (χ4n) is 2.16. The maximum absolute atomic E-state index is 12.1. The smallest absolute Gasteiger partial charge is 0.338 e. The lowest BCUT2D eigenvalue weighted by atomic mass is 10.1. The van der Waals surface area contributed by atoms with Crippen molar-refractivity contribution in [2.24, 2.45) is 0 Å². The first kappa shape index (κ1) is 17.0. The summed E-state index contributed by atoms with van der Waals surface area (Å²) >= 11 is 0. The number of hydrogen-bond acceptors (Lipinski definition) is 7. The van der Waals surface area contributed by atoms with Gasteiger partial charge in [0.25, 0.3) is 5.89 Å². The van der Waals surface area contributed by atoms with Gasteiger partial charge >= 0.3 is 5.97 Å². The van der Waals surface area contributed by atoms with Gasteiger partial charge < -0.3 is 9.26 Å². The van der Waals surface area contributed by atoms with Crippen molar-refractivity contribution < 1.29 is 18.3 Å². The molecule has 0 N–H and O–H groups in total. The molecule has 0 radical (unpaired) electrons. The lowest BCUT2D eigenvalue weighted by Crippen LogP contribution is -2.06. The van der Waals surface area contributed by atoms with Crippen LogP contribution in [0.3, 0.4) is 0 Å². The van der Waals surface area contributed by atoms with Crippen LogP contribution in [0.2, 0.25) is 0 Å². The third-order valence-electron chi connectivity index (χ3n) is 3.25. The second-order valence-corrected chi connectivity index (χ2v) is 6.68. The Morgan fingerprint density at radius 3 is 2.92 bits per heavy atom. The summed E-state index contributed by atoms with van der Waals surface area (Å²) in [5.74, 6) is 0.452. The van der Waals surface area contributed by atoms with Crippen molar-refractivity contribution in [3.05, 3.63) is 65.8 Å². The number of ether oxygens (including phenoxy) is 1. The average Bonchev–Trinajstić information content (AvgIpc) is 3.09. The monoisotopic (exact) mass is 357 g/mol. The summed E-state index contributed by atoms with van der Waals surface area (Å²) in [5, 5.41) is 3.83. The van der Waals surface area contributed by atoms with Crippen molar-refractivity contribution in [3.63, 3.8) is 0 Å². The maximum Gasteiger partial charge on any atom is 0.338 e. The zero-order valence-electron chi connectivity index (χ0n) is 13.4. The highest BCUT2D eigenvalue weighted by Gasteiger charge is 2.13. The minimum absolute atomic E-state index is 0.129. The van der Waals surface area contributed by atoms with Gasteiger partial charge in [-0.2, -0.15) is 4.98 Å². The quantitative estimate of drug-likeness (QED) is 0.625. The molecule has 1 aromatic carbocycles. The fraction of sp³-hybridized carbons (Fsp3) is 0.176. The summed E-state index contributed by atoms with van der Waals surface area (Å²) in [6.45, 7) is -0.129. The topological polar surface area (TPSA) is 95.2 Å². The van der Waals surface area contributed by atoms with Crippen LogP contribution in [0.1, 0.15) is 21.8 Å². The van der Waals surface area contributed by atoms with E-state index in [2.05, 4.69) is 15.1 Å².